The molecule has 1 atom stereocenters. The van der Waals surface area contributed by atoms with E-state index in [4.69, 9.17) is 0 Å². The van der Waals surface area contributed by atoms with Crippen LogP contribution in [0.3, 0.4) is 0 Å². The van der Waals surface area contributed by atoms with Gasteiger partial charge in [0.25, 0.3) is 17.4 Å². The first-order valence-corrected chi connectivity index (χ1v) is 12.3. The maximum absolute atomic E-state index is 13.0. The van der Waals surface area contributed by atoms with Crippen molar-refractivity contribution in [1.29, 1.82) is 0 Å². The third-order valence-corrected chi connectivity index (χ3v) is 6.06. The molecule has 15 heteroatoms. The van der Waals surface area contributed by atoms with Gasteiger partial charge < -0.3 is 19.9 Å². The molecule has 0 bridgehead atoms. The highest BCUT2D eigenvalue weighted by Crippen LogP contribution is 2.50. The summed E-state index contributed by atoms with van der Waals surface area (Å²) in [6.45, 7) is 0.737. The van der Waals surface area contributed by atoms with E-state index in [1.165, 1.54) is 45.9 Å². The average Bonchev–Trinajstić information content (AvgIpc) is 3.23. The minimum Gasteiger partial charge on any atom is -0.406 e. The molecule has 2 amide bonds. The molecule has 214 valence electrons. The number of nitrogens with zero attached hydrogens (tertiary/aromatic N) is 4. The van der Waals surface area contributed by atoms with Crippen LogP contribution in [0.5, 0.6) is 5.75 Å². The van der Waals surface area contributed by atoms with Gasteiger partial charge in [-0.2, -0.15) is 0 Å². The Morgan fingerprint density at radius 1 is 1.12 bits per heavy atom. The number of aryl methyl sites for hydroxylation is 2. The monoisotopic (exact) mass is 568 g/mol. The van der Waals surface area contributed by atoms with E-state index in [-0.39, 0.29) is 36.3 Å². The maximum atomic E-state index is 13.0. The third kappa shape index (κ3) is 8.35. The number of benzene rings is 1. The van der Waals surface area contributed by atoms with E-state index in [2.05, 4.69) is 25.7 Å². The normalized spacial score (nSPS) is 15.9. The zero-order valence-corrected chi connectivity index (χ0v) is 21.0. The van der Waals surface area contributed by atoms with E-state index in [1.54, 1.807) is 0 Å². The van der Waals surface area contributed by atoms with E-state index in [0.717, 1.165) is 12.1 Å². The lowest BCUT2D eigenvalue weighted by Gasteiger charge is -2.10. The lowest BCUT2D eigenvalue weighted by Crippen LogP contribution is -2.23. The van der Waals surface area contributed by atoms with Crippen molar-refractivity contribution in [1.82, 2.24) is 24.9 Å². The molecule has 0 aliphatic heterocycles. The standard InChI is InChI=1S/C25H25F5N6O4/c26-24(27)13-17(24)11-21(37)32-18-6-9-35(22(38)12-18)7-1-2-8-36-15-20(33-34-36)23(39)31-14-16-4-3-5-19(10-16)40-25(28,29)30/h3-6,9-10,12,15,17H,1-2,7-8,11,13-14H2,(H,31,39)(H,32,37). The number of hydrogen-bond acceptors (Lipinski definition) is 6. The summed E-state index contributed by atoms with van der Waals surface area (Å²) in [6, 6.07) is 7.98. The van der Waals surface area contributed by atoms with Gasteiger partial charge >= 0.3 is 6.36 Å². The van der Waals surface area contributed by atoms with Crippen molar-refractivity contribution in [3.8, 4) is 5.75 Å². The number of halogens is 5. The van der Waals surface area contributed by atoms with Gasteiger partial charge in [0.2, 0.25) is 5.91 Å². The molecule has 10 nitrogen and oxygen atoms in total. The number of ether oxygens (including phenoxy) is 1. The Morgan fingerprint density at radius 3 is 2.58 bits per heavy atom. The Bertz CT molecular complexity index is 1420. The first kappa shape index (κ1) is 28.7. The molecule has 0 saturated heterocycles. The molecule has 1 aliphatic carbocycles. The first-order chi connectivity index (χ1) is 18.9. The van der Waals surface area contributed by atoms with E-state index in [0.29, 0.717) is 31.5 Å². The fourth-order valence-electron chi connectivity index (χ4n) is 3.89. The third-order valence-electron chi connectivity index (χ3n) is 6.06. The number of carbonyl (C=O) groups is 2. The number of amides is 2. The van der Waals surface area contributed by atoms with Crippen LogP contribution >= 0.6 is 0 Å². The smallest absolute Gasteiger partial charge is 0.406 e. The zero-order chi connectivity index (χ0) is 28.9. The van der Waals surface area contributed by atoms with Crippen LogP contribution in [0.4, 0.5) is 27.6 Å². The van der Waals surface area contributed by atoms with Crippen molar-refractivity contribution in [2.45, 2.75) is 57.6 Å². The first-order valence-electron chi connectivity index (χ1n) is 12.3. The predicted molar refractivity (Wildman–Crippen MR) is 131 cm³/mol. The van der Waals surface area contributed by atoms with Crippen LogP contribution in [0, 0.1) is 5.92 Å². The maximum Gasteiger partial charge on any atom is 0.573 e. The second kappa shape index (κ2) is 11.8. The second-order valence-corrected chi connectivity index (χ2v) is 9.31. The summed E-state index contributed by atoms with van der Waals surface area (Å²) in [7, 11) is 0. The van der Waals surface area contributed by atoms with Crippen molar-refractivity contribution < 1.29 is 36.3 Å². The van der Waals surface area contributed by atoms with Crippen molar-refractivity contribution >= 4 is 17.5 Å². The number of rotatable bonds is 12. The van der Waals surface area contributed by atoms with Crippen molar-refractivity contribution in [3.63, 3.8) is 0 Å². The number of anilines is 1. The highest BCUT2D eigenvalue weighted by atomic mass is 19.4. The number of hydrogen-bond donors (Lipinski definition) is 2. The largest absolute Gasteiger partial charge is 0.573 e. The minimum absolute atomic E-state index is 0.0296. The molecular weight excluding hydrogens is 543 g/mol. The summed E-state index contributed by atoms with van der Waals surface area (Å²) in [5, 5.41) is 12.7. The summed E-state index contributed by atoms with van der Waals surface area (Å²) in [5.74, 6) is -5.25. The van der Waals surface area contributed by atoms with Crippen LogP contribution in [-0.2, 0) is 24.4 Å². The Labute approximate surface area is 224 Å². The average molecular weight is 569 g/mol. The molecule has 2 heterocycles. The van der Waals surface area contributed by atoms with Crippen LogP contribution in [0.2, 0.25) is 0 Å². The Morgan fingerprint density at radius 2 is 1.88 bits per heavy atom. The van der Waals surface area contributed by atoms with Crippen LogP contribution in [-0.4, -0.2) is 43.7 Å². The molecular formula is C25H25F5N6O4. The van der Waals surface area contributed by atoms with Gasteiger partial charge in [-0.1, -0.05) is 17.3 Å². The van der Waals surface area contributed by atoms with E-state index in [9.17, 15) is 36.3 Å². The van der Waals surface area contributed by atoms with E-state index < -0.39 is 35.8 Å². The Hall–Kier alpha value is -4.30. The Balaban J connectivity index is 1.18. The van der Waals surface area contributed by atoms with Gasteiger partial charge in [-0.3, -0.25) is 19.1 Å². The number of alkyl halides is 5. The number of unbranched alkanes of at least 4 members (excludes halogenated alkanes) is 1. The molecule has 40 heavy (non-hydrogen) atoms. The molecule has 2 aromatic heterocycles. The topological polar surface area (TPSA) is 120 Å². The summed E-state index contributed by atoms with van der Waals surface area (Å²) < 4.78 is 69.8. The molecule has 2 N–H and O–H groups in total. The molecule has 4 rings (SSSR count). The number of carbonyl (C=O) groups excluding carboxylic acids is 2. The molecule has 0 spiro atoms. The molecule has 1 unspecified atom stereocenters. The SMILES string of the molecule is O=C(CC1CC1(F)F)Nc1ccn(CCCCn2cc(C(=O)NCc3cccc(OC(F)(F)F)c3)nn2)c(=O)c1. The van der Waals surface area contributed by atoms with Gasteiger partial charge in [-0.15, -0.1) is 18.3 Å². The molecule has 1 aromatic carbocycles. The predicted octanol–water partition coefficient (Wildman–Crippen LogP) is 3.73. The van der Waals surface area contributed by atoms with Gasteiger partial charge in [0.05, 0.1) is 6.20 Å². The van der Waals surface area contributed by atoms with Gasteiger partial charge in [-0.05, 0) is 36.6 Å². The Kier molecular flexibility index (Phi) is 8.49. The molecule has 1 saturated carbocycles. The fraction of sp³-hybridized carbons (Fsp3) is 0.400. The van der Waals surface area contributed by atoms with Gasteiger partial charge in [-0.25, -0.2) is 8.78 Å². The summed E-state index contributed by atoms with van der Waals surface area (Å²) >= 11 is 0. The van der Waals surface area contributed by atoms with Crippen molar-refractivity contribution in [2.24, 2.45) is 5.92 Å². The van der Waals surface area contributed by atoms with Crippen LogP contribution < -0.4 is 20.9 Å². The van der Waals surface area contributed by atoms with Crippen LogP contribution in [0.1, 0.15) is 41.7 Å². The quantitative estimate of drug-likeness (QED) is 0.254. The molecule has 3 aromatic rings. The molecule has 0 radical (unpaired) electrons. The number of aromatic nitrogens is 4. The highest BCUT2D eigenvalue weighted by Gasteiger charge is 2.57. The summed E-state index contributed by atoms with van der Waals surface area (Å²) in [4.78, 5) is 36.5. The highest BCUT2D eigenvalue weighted by molar-refractivity contribution is 5.92. The molecule has 1 aliphatic rings. The zero-order valence-electron chi connectivity index (χ0n) is 21.0. The van der Waals surface area contributed by atoms with Crippen molar-refractivity contribution in [2.75, 3.05) is 5.32 Å². The van der Waals surface area contributed by atoms with E-state index in [1.807, 2.05) is 0 Å². The fourth-order valence-corrected chi connectivity index (χ4v) is 3.89. The summed E-state index contributed by atoms with van der Waals surface area (Å²) in [5.41, 5.74) is 0.314. The number of nitrogens with one attached hydrogen (secondary N) is 2. The van der Waals surface area contributed by atoms with Crippen molar-refractivity contribution in [3.05, 3.63) is 70.4 Å². The lowest BCUT2D eigenvalue weighted by molar-refractivity contribution is -0.274. The number of pyridine rings is 1. The second-order valence-electron chi connectivity index (χ2n) is 9.31. The van der Waals surface area contributed by atoms with Gasteiger partial charge in [0.1, 0.15) is 5.75 Å². The summed E-state index contributed by atoms with van der Waals surface area (Å²) in [6.07, 6.45) is -1.30. The molecule has 1 fully saturated rings. The lowest BCUT2D eigenvalue weighted by atomic mass is 10.2. The van der Waals surface area contributed by atoms with Crippen LogP contribution in [0.15, 0.2) is 53.6 Å². The van der Waals surface area contributed by atoms with Crippen LogP contribution in [0.25, 0.3) is 0 Å². The van der Waals surface area contributed by atoms with E-state index >= 15 is 0 Å². The van der Waals surface area contributed by atoms with Gasteiger partial charge in [0, 0.05) is 56.3 Å². The minimum atomic E-state index is -4.82. The van der Waals surface area contributed by atoms with Gasteiger partial charge in [0.15, 0.2) is 5.69 Å².